The van der Waals surface area contributed by atoms with Crippen LogP contribution < -0.4 is 10.2 Å². The van der Waals surface area contributed by atoms with E-state index in [2.05, 4.69) is 83.6 Å². The molecule has 1 N–H and O–H groups in total. The van der Waals surface area contributed by atoms with Crippen LogP contribution in [-0.4, -0.2) is 66.7 Å². The van der Waals surface area contributed by atoms with E-state index in [-0.39, 0.29) is 17.6 Å². The van der Waals surface area contributed by atoms with Crippen molar-refractivity contribution in [3.8, 4) is 11.1 Å². The Labute approximate surface area is 192 Å². The lowest BCUT2D eigenvalue weighted by atomic mass is 9.79. The number of nitrogens with zero attached hydrogens (tertiary/aromatic N) is 3. The first-order chi connectivity index (χ1) is 15.5. The molecule has 2 unspecified atom stereocenters. The van der Waals surface area contributed by atoms with Crippen molar-refractivity contribution in [2.24, 2.45) is 5.92 Å². The van der Waals surface area contributed by atoms with E-state index in [1.807, 2.05) is 4.90 Å². The van der Waals surface area contributed by atoms with Gasteiger partial charge in [-0.25, -0.2) is 4.79 Å². The summed E-state index contributed by atoms with van der Waals surface area (Å²) in [6.45, 7) is 10.4. The molecule has 0 aliphatic carbocycles. The molecular weight excluding hydrogens is 396 g/mol. The van der Waals surface area contributed by atoms with Crippen molar-refractivity contribution in [3.05, 3.63) is 54.6 Å². The van der Waals surface area contributed by atoms with Crippen molar-refractivity contribution in [3.63, 3.8) is 0 Å². The monoisotopic (exact) mass is 432 g/mol. The van der Waals surface area contributed by atoms with Gasteiger partial charge in [0.05, 0.1) is 0 Å². The summed E-state index contributed by atoms with van der Waals surface area (Å²) in [5.41, 5.74) is 3.64. The van der Waals surface area contributed by atoms with E-state index in [1.165, 1.54) is 42.7 Å². The first kappa shape index (κ1) is 21.3. The fourth-order valence-electron chi connectivity index (χ4n) is 5.90. The van der Waals surface area contributed by atoms with Crippen LogP contribution in [0, 0.1) is 5.92 Å². The number of nitrogens with one attached hydrogen (secondary N) is 1. The molecule has 2 aromatic carbocycles. The van der Waals surface area contributed by atoms with Gasteiger partial charge in [-0.15, -0.1) is 0 Å². The summed E-state index contributed by atoms with van der Waals surface area (Å²) in [6.07, 6.45) is 3.47. The lowest BCUT2D eigenvalue weighted by Crippen LogP contribution is -2.60. The van der Waals surface area contributed by atoms with Crippen LogP contribution in [0.3, 0.4) is 0 Å². The highest BCUT2D eigenvalue weighted by Crippen LogP contribution is 2.35. The zero-order valence-electron chi connectivity index (χ0n) is 19.5. The van der Waals surface area contributed by atoms with Gasteiger partial charge in [-0.05, 0) is 75.4 Å². The van der Waals surface area contributed by atoms with Crippen LogP contribution in [0.25, 0.3) is 11.1 Å². The highest BCUT2D eigenvalue weighted by molar-refractivity contribution is 5.76. The Morgan fingerprint density at radius 2 is 1.69 bits per heavy atom. The van der Waals surface area contributed by atoms with E-state index in [1.54, 1.807) is 0 Å². The summed E-state index contributed by atoms with van der Waals surface area (Å²) in [5.74, 6) is 0.602. The SMILES string of the molecule is CC1CN(C(=O)NC2(C)CCN3CCC2CC3)CCN1c1cccc(-c2ccccc2)c1. The van der Waals surface area contributed by atoms with Crippen molar-refractivity contribution in [2.45, 2.75) is 44.7 Å². The number of rotatable bonds is 3. The highest BCUT2D eigenvalue weighted by atomic mass is 16.2. The summed E-state index contributed by atoms with van der Waals surface area (Å²) >= 11 is 0. The largest absolute Gasteiger partial charge is 0.365 e. The zero-order valence-corrected chi connectivity index (χ0v) is 19.5. The average Bonchev–Trinajstić information content (AvgIpc) is 3.08. The summed E-state index contributed by atoms with van der Waals surface area (Å²) in [5, 5.41) is 3.48. The third-order valence-electron chi connectivity index (χ3n) is 8.03. The standard InChI is InChI=1S/C27H36N4O/c1-21-20-30(26(32)28-27(2)13-16-29-14-11-24(27)12-15-29)17-18-31(21)25-10-6-9-23(19-25)22-7-4-3-5-8-22/h3-10,19,21,24H,11-18,20H2,1-2H3,(H,28,32). The second-order valence-electron chi connectivity index (χ2n) is 10.1. The molecule has 4 heterocycles. The molecule has 170 valence electrons. The molecule has 5 nitrogen and oxygen atoms in total. The van der Waals surface area contributed by atoms with Gasteiger partial charge in [-0.1, -0.05) is 42.5 Å². The van der Waals surface area contributed by atoms with Gasteiger partial charge in [-0.2, -0.15) is 0 Å². The number of fused-ring (bicyclic) bond motifs is 4. The fourth-order valence-corrected chi connectivity index (χ4v) is 5.90. The second kappa shape index (κ2) is 8.78. The number of piperidine rings is 1. The minimum Gasteiger partial charge on any atom is -0.365 e. The summed E-state index contributed by atoms with van der Waals surface area (Å²) < 4.78 is 0. The maximum atomic E-state index is 13.3. The number of carbonyl (C=O) groups excluding carboxylic acids is 1. The first-order valence-corrected chi connectivity index (χ1v) is 12.2. The lowest BCUT2D eigenvalue weighted by Gasteiger charge is -2.44. The molecular formula is C27H36N4O. The smallest absolute Gasteiger partial charge is 0.317 e. The van der Waals surface area contributed by atoms with Gasteiger partial charge < -0.3 is 20.0 Å². The zero-order chi connectivity index (χ0) is 22.1. The van der Waals surface area contributed by atoms with Gasteiger partial charge in [0.1, 0.15) is 0 Å². The van der Waals surface area contributed by atoms with Crippen LogP contribution in [0.2, 0.25) is 0 Å². The van der Waals surface area contributed by atoms with Crippen LogP contribution >= 0.6 is 0 Å². The Hall–Kier alpha value is -2.53. The van der Waals surface area contributed by atoms with Gasteiger partial charge in [0.2, 0.25) is 0 Å². The Balaban J connectivity index is 1.24. The molecule has 2 amide bonds. The fraction of sp³-hybridized carbons (Fsp3) is 0.519. The van der Waals surface area contributed by atoms with Gasteiger partial charge in [0.15, 0.2) is 0 Å². The highest BCUT2D eigenvalue weighted by Gasteiger charge is 2.42. The number of piperazine rings is 1. The van der Waals surface area contributed by atoms with Crippen molar-refractivity contribution >= 4 is 11.7 Å². The van der Waals surface area contributed by atoms with Crippen molar-refractivity contribution < 1.29 is 4.79 Å². The predicted octanol–water partition coefficient (Wildman–Crippen LogP) is 4.45. The third kappa shape index (κ3) is 4.23. The van der Waals surface area contributed by atoms with Crippen LogP contribution in [0.5, 0.6) is 0 Å². The normalized spacial score (nSPS) is 30.1. The van der Waals surface area contributed by atoms with Gasteiger partial charge in [0.25, 0.3) is 0 Å². The summed E-state index contributed by atoms with van der Waals surface area (Å²) in [6, 6.07) is 19.7. The Morgan fingerprint density at radius 1 is 0.938 bits per heavy atom. The topological polar surface area (TPSA) is 38.8 Å². The van der Waals surface area contributed by atoms with Crippen LogP contribution in [0.15, 0.2) is 54.6 Å². The van der Waals surface area contributed by atoms with E-state index < -0.39 is 0 Å². The lowest BCUT2D eigenvalue weighted by molar-refractivity contribution is 0.149. The number of benzene rings is 2. The molecule has 32 heavy (non-hydrogen) atoms. The van der Waals surface area contributed by atoms with E-state index in [0.717, 1.165) is 32.6 Å². The molecule has 4 aliphatic heterocycles. The third-order valence-corrected chi connectivity index (χ3v) is 8.03. The second-order valence-corrected chi connectivity index (χ2v) is 10.1. The molecule has 4 aliphatic rings. The number of anilines is 1. The Morgan fingerprint density at radius 3 is 2.44 bits per heavy atom. The molecule has 5 heteroatoms. The first-order valence-electron chi connectivity index (χ1n) is 12.2. The van der Waals surface area contributed by atoms with Crippen molar-refractivity contribution in [1.29, 1.82) is 0 Å². The van der Waals surface area contributed by atoms with E-state index in [0.29, 0.717) is 5.92 Å². The predicted molar refractivity (Wildman–Crippen MR) is 131 cm³/mol. The molecule has 4 saturated heterocycles. The van der Waals surface area contributed by atoms with Crippen LogP contribution in [0.1, 0.15) is 33.1 Å². The molecule has 2 bridgehead atoms. The minimum atomic E-state index is -0.0767. The minimum absolute atomic E-state index is 0.0767. The maximum Gasteiger partial charge on any atom is 0.317 e. The molecule has 0 radical (unpaired) electrons. The van der Waals surface area contributed by atoms with Gasteiger partial charge >= 0.3 is 6.03 Å². The molecule has 2 aromatic rings. The van der Waals surface area contributed by atoms with Gasteiger partial charge in [-0.3, -0.25) is 0 Å². The Kier molecular flexibility index (Phi) is 5.85. The van der Waals surface area contributed by atoms with E-state index in [9.17, 15) is 4.79 Å². The number of carbonyl (C=O) groups is 1. The molecule has 6 rings (SSSR count). The molecule has 2 atom stereocenters. The average molecular weight is 433 g/mol. The molecule has 0 aromatic heterocycles. The Bertz CT molecular complexity index is 940. The number of urea groups is 1. The molecule has 0 saturated carbocycles. The number of amides is 2. The van der Waals surface area contributed by atoms with E-state index in [4.69, 9.17) is 0 Å². The number of hydrogen-bond acceptors (Lipinski definition) is 3. The van der Waals surface area contributed by atoms with Crippen LogP contribution in [0.4, 0.5) is 10.5 Å². The van der Waals surface area contributed by atoms with Crippen molar-refractivity contribution in [2.75, 3.05) is 44.2 Å². The van der Waals surface area contributed by atoms with Crippen molar-refractivity contribution in [1.82, 2.24) is 15.1 Å². The molecule has 4 fully saturated rings. The number of hydrogen-bond donors (Lipinski definition) is 1. The van der Waals surface area contributed by atoms with Gasteiger partial charge in [0, 0.05) is 43.4 Å². The van der Waals surface area contributed by atoms with E-state index >= 15 is 0 Å². The van der Waals surface area contributed by atoms with Crippen LogP contribution in [-0.2, 0) is 0 Å². The quantitative estimate of drug-likeness (QED) is 0.779. The summed E-state index contributed by atoms with van der Waals surface area (Å²) in [7, 11) is 0. The maximum absolute atomic E-state index is 13.3. The summed E-state index contributed by atoms with van der Waals surface area (Å²) in [4.78, 5) is 20.3. The molecule has 0 spiro atoms.